The Morgan fingerprint density at radius 1 is 1.12 bits per heavy atom. The molecular weight excluding hydrogens is 342 g/mol. The van der Waals surface area contributed by atoms with E-state index in [-0.39, 0.29) is 12.1 Å². The monoisotopic (exact) mass is 359 g/mol. The molecule has 2 amide bonds. The van der Waals surface area contributed by atoms with E-state index in [1.807, 2.05) is 23.1 Å². The zero-order valence-corrected chi connectivity index (χ0v) is 14.9. The molecule has 1 N–H and O–H groups in total. The lowest BCUT2D eigenvalue weighted by atomic mass is 9.93. The molecule has 2 heterocycles. The molecule has 0 bridgehead atoms. The summed E-state index contributed by atoms with van der Waals surface area (Å²) in [5.74, 6) is 0. The summed E-state index contributed by atoms with van der Waals surface area (Å²) in [4.78, 5) is 16.2. The second-order valence-electron chi connectivity index (χ2n) is 6.18. The van der Waals surface area contributed by atoms with Crippen LogP contribution >= 0.6 is 11.3 Å². The maximum atomic E-state index is 13.0. The molecule has 26 heavy (non-hydrogen) atoms. The van der Waals surface area contributed by atoms with E-state index >= 15 is 0 Å². The van der Waals surface area contributed by atoms with Crippen molar-refractivity contribution in [2.45, 2.75) is 12.5 Å². The van der Waals surface area contributed by atoms with Crippen molar-refractivity contribution in [1.29, 1.82) is 5.26 Å². The molecule has 5 heteroatoms. The normalized spacial score (nSPS) is 15.8. The molecule has 3 aromatic rings. The number of hydrogen-bond acceptors (Lipinski definition) is 3. The molecule has 1 aromatic heterocycles. The minimum atomic E-state index is -0.125. The van der Waals surface area contributed by atoms with Gasteiger partial charge in [0.15, 0.2) is 0 Å². The van der Waals surface area contributed by atoms with Crippen molar-refractivity contribution in [1.82, 2.24) is 4.90 Å². The third-order valence-electron chi connectivity index (χ3n) is 4.61. The van der Waals surface area contributed by atoms with Crippen molar-refractivity contribution < 1.29 is 4.79 Å². The molecule has 0 saturated carbocycles. The van der Waals surface area contributed by atoms with Crippen molar-refractivity contribution in [2.24, 2.45) is 0 Å². The number of urea groups is 1. The van der Waals surface area contributed by atoms with Gasteiger partial charge in [0.05, 0.1) is 17.7 Å². The molecule has 0 spiro atoms. The average molecular weight is 359 g/mol. The Hall–Kier alpha value is -3.10. The number of nitrogens with one attached hydrogen (secondary N) is 1. The fourth-order valence-corrected chi connectivity index (χ4v) is 4.26. The summed E-state index contributed by atoms with van der Waals surface area (Å²) < 4.78 is 0. The molecule has 2 aromatic carbocycles. The van der Waals surface area contributed by atoms with Crippen molar-refractivity contribution in [3.8, 4) is 6.07 Å². The van der Waals surface area contributed by atoms with E-state index < -0.39 is 0 Å². The second-order valence-corrected chi connectivity index (χ2v) is 7.18. The topological polar surface area (TPSA) is 56.1 Å². The Bertz CT molecular complexity index is 957. The number of nitriles is 1. The number of carbonyl (C=O) groups excluding carboxylic acids is 1. The third kappa shape index (κ3) is 3.07. The average Bonchev–Trinajstić information content (AvgIpc) is 3.17. The molecule has 0 fully saturated rings. The van der Waals surface area contributed by atoms with Gasteiger partial charge in [0, 0.05) is 17.1 Å². The Morgan fingerprint density at radius 3 is 2.62 bits per heavy atom. The first-order valence-corrected chi connectivity index (χ1v) is 9.33. The van der Waals surface area contributed by atoms with Crippen LogP contribution in [0.25, 0.3) is 0 Å². The summed E-state index contributed by atoms with van der Waals surface area (Å²) in [7, 11) is 0. The van der Waals surface area contributed by atoms with Crippen LogP contribution in [0.4, 0.5) is 10.5 Å². The number of thiophene rings is 1. The number of benzene rings is 2. The first kappa shape index (κ1) is 16.4. The highest BCUT2D eigenvalue weighted by atomic mass is 32.1. The van der Waals surface area contributed by atoms with Crippen LogP contribution in [0.2, 0.25) is 0 Å². The van der Waals surface area contributed by atoms with Crippen molar-refractivity contribution in [3.05, 3.63) is 87.6 Å². The van der Waals surface area contributed by atoms with Crippen LogP contribution in [0.5, 0.6) is 0 Å². The zero-order valence-electron chi connectivity index (χ0n) is 14.1. The highest BCUT2D eigenvalue weighted by Crippen LogP contribution is 2.37. The van der Waals surface area contributed by atoms with Crippen molar-refractivity contribution in [2.75, 3.05) is 11.9 Å². The highest BCUT2D eigenvalue weighted by Gasteiger charge is 2.32. The summed E-state index contributed by atoms with van der Waals surface area (Å²) in [6, 6.07) is 21.1. The van der Waals surface area contributed by atoms with Crippen LogP contribution in [0.1, 0.15) is 27.6 Å². The predicted octanol–water partition coefficient (Wildman–Crippen LogP) is 4.80. The van der Waals surface area contributed by atoms with E-state index in [2.05, 4.69) is 35.0 Å². The molecule has 0 aliphatic carbocycles. The maximum Gasteiger partial charge on any atom is 0.322 e. The molecule has 0 saturated heterocycles. The maximum absolute atomic E-state index is 13.0. The Labute approximate surface area is 156 Å². The smallest absolute Gasteiger partial charge is 0.313 e. The Morgan fingerprint density at radius 2 is 1.88 bits per heavy atom. The van der Waals surface area contributed by atoms with Gasteiger partial charge >= 0.3 is 6.03 Å². The predicted molar refractivity (Wildman–Crippen MR) is 103 cm³/mol. The number of anilines is 1. The number of fused-ring (bicyclic) bond motifs is 1. The molecule has 1 atom stereocenters. The molecule has 1 aliphatic rings. The van der Waals surface area contributed by atoms with Gasteiger partial charge in [-0.1, -0.05) is 30.3 Å². The van der Waals surface area contributed by atoms with Crippen LogP contribution < -0.4 is 5.32 Å². The lowest BCUT2D eigenvalue weighted by molar-refractivity contribution is 0.194. The first-order valence-electron chi connectivity index (χ1n) is 8.45. The van der Waals surface area contributed by atoms with Gasteiger partial charge in [0.1, 0.15) is 0 Å². The minimum absolute atomic E-state index is 0.0791. The van der Waals surface area contributed by atoms with Crippen LogP contribution in [0.3, 0.4) is 0 Å². The van der Waals surface area contributed by atoms with Crippen molar-refractivity contribution >= 4 is 23.1 Å². The molecule has 1 unspecified atom stereocenters. The first-order chi connectivity index (χ1) is 12.8. The molecule has 0 radical (unpaired) electrons. The highest BCUT2D eigenvalue weighted by molar-refractivity contribution is 7.10. The summed E-state index contributed by atoms with van der Waals surface area (Å²) in [6.45, 7) is 0.676. The van der Waals surface area contributed by atoms with Gasteiger partial charge in [-0.15, -0.1) is 11.3 Å². The second kappa shape index (κ2) is 7.03. The van der Waals surface area contributed by atoms with E-state index in [0.29, 0.717) is 17.8 Å². The number of nitrogens with zero attached hydrogens (tertiary/aromatic N) is 2. The summed E-state index contributed by atoms with van der Waals surface area (Å²) in [6.07, 6.45) is 0.872. The Balaban J connectivity index is 1.63. The largest absolute Gasteiger partial charge is 0.322 e. The van der Waals surface area contributed by atoms with E-state index in [0.717, 1.165) is 12.0 Å². The van der Waals surface area contributed by atoms with Crippen molar-refractivity contribution in [3.63, 3.8) is 0 Å². The lowest BCUT2D eigenvalue weighted by Crippen LogP contribution is -2.42. The molecule has 4 nitrogen and oxygen atoms in total. The van der Waals surface area contributed by atoms with E-state index in [1.54, 1.807) is 35.6 Å². The number of rotatable bonds is 2. The van der Waals surface area contributed by atoms with Crippen LogP contribution in [0.15, 0.2) is 66.0 Å². The zero-order chi connectivity index (χ0) is 17.9. The van der Waals surface area contributed by atoms with Gasteiger partial charge in [-0.2, -0.15) is 5.26 Å². The fraction of sp³-hybridized carbons (Fsp3) is 0.143. The standard InChI is InChI=1S/C21H17N3OS/c22-14-15-6-8-17(9-7-15)23-21(25)24-12-10-19-18(11-13-26-19)20(24)16-4-2-1-3-5-16/h1-9,11,13,20H,10,12H2,(H,23,25). The van der Waals surface area contributed by atoms with Crippen LogP contribution in [0, 0.1) is 11.3 Å². The van der Waals surface area contributed by atoms with Gasteiger partial charge < -0.3 is 10.2 Å². The third-order valence-corrected chi connectivity index (χ3v) is 5.60. The summed E-state index contributed by atoms with van der Waals surface area (Å²) in [5.41, 5.74) is 3.59. The molecule has 4 rings (SSSR count). The Kier molecular flexibility index (Phi) is 4.42. The molecule has 1 aliphatic heterocycles. The number of carbonyl (C=O) groups is 1. The molecular formula is C21H17N3OS. The molecule has 128 valence electrons. The lowest BCUT2D eigenvalue weighted by Gasteiger charge is -2.36. The van der Waals surface area contributed by atoms with Crippen LogP contribution in [-0.2, 0) is 6.42 Å². The van der Waals surface area contributed by atoms with Gasteiger partial charge in [-0.05, 0) is 53.3 Å². The van der Waals surface area contributed by atoms with Gasteiger partial charge in [-0.3, -0.25) is 0 Å². The number of hydrogen-bond donors (Lipinski definition) is 1. The van der Waals surface area contributed by atoms with Gasteiger partial charge in [-0.25, -0.2) is 4.79 Å². The SMILES string of the molecule is N#Cc1ccc(NC(=O)N2CCc3sccc3C2c2ccccc2)cc1. The van der Waals surface area contributed by atoms with E-state index in [1.165, 1.54) is 10.4 Å². The fourth-order valence-electron chi connectivity index (χ4n) is 3.35. The van der Waals surface area contributed by atoms with Crippen LogP contribution in [-0.4, -0.2) is 17.5 Å². The number of amides is 2. The quantitative estimate of drug-likeness (QED) is 0.714. The summed E-state index contributed by atoms with van der Waals surface area (Å²) >= 11 is 1.76. The summed E-state index contributed by atoms with van der Waals surface area (Å²) in [5, 5.41) is 14.0. The van der Waals surface area contributed by atoms with E-state index in [4.69, 9.17) is 5.26 Å². The minimum Gasteiger partial charge on any atom is -0.313 e. The van der Waals surface area contributed by atoms with E-state index in [9.17, 15) is 4.79 Å². The van der Waals surface area contributed by atoms with Gasteiger partial charge in [0.2, 0.25) is 0 Å². The van der Waals surface area contributed by atoms with Gasteiger partial charge in [0.25, 0.3) is 0 Å².